The summed E-state index contributed by atoms with van der Waals surface area (Å²) in [6, 6.07) is 3.99. The lowest BCUT2D eigenvalue weighted by Crippen LogP contribution is -2.53. The van der Waals surface area contributed by atoms with Crippen LogP contribution in [0.2, 0.25) is 0 Å². The Kier molecular flexibility index (Phi) is 6.85. The third kappa shape index (κ3) is 4.45. The zero-order valence-electron chi connectivity index (χ0n) is 14.7. The zero-order chi connectivity index (χ0) is 19.1. The molecule has 1 atom stereocenters. The van der Waals surface area contributed by atoms with Crippen LogP contribution < -0.4 is 15.8 Å². The lowest BCUT2D eigenvalue weighted by molar-refractivity contribution is -0.136. The Morgan fingerprint density at radius 3 is 2.81 bits per heavy atom. The molecular formula is C18H23N3O5. The van der Waals surface area contributed by atoms with Gasteiger partial charge in [-0.25, -0.2) is 0 Å². The first kappa shape index (κ1) is 19.6. The molecule has 1 heterocycles. The van der Waals surface area contributed by atoms with Gasteiger partial charge in [-0.05, 0) is 31.9 Å². The second-order valence-corrected chi connectivity index (χ2v) is 6.07. The van der Waals surface area contributed by atoms with Gasteiger partial charge in [0.15, 0.2) is 6.29 Å². The normalized spacial score (nSPS) is 16.8. The Hall–Kier alpha value is -2.74. The Bertz CT molecular complexity index is 704. The van der Waals surface area contributed by atoms with Crippen LogP contribution in [0.5, 0.6) is 5.75 Å². The number of carbonyl (C=O) groups is 4. The molecule has 140 valence electrons. The summed E-state index contributed by atoms with van der Waals surface area (Å²) in [5, 5.41) is 2.22. The predicted molar refractivity (Wildman–Crippen MR) is 93.9 cm³/mol. The van der Waals surface area contributed by atoms with E-state index in [1.165, 1.54) is 18.0 Å². The Labute approximate surface area is 151 Å². The second kappa shape index (κ2) is 9.10. The number of amides is 3. The van der Waals surface area contributed by atoms with Gasteiger partial charge in [0.05, 0.1) is 12.2 Å². The number of hydrogen-bond acceptors (Lipinski definition) is 6. The summed E-state index contributed by atoms with van der Waals surface area (Å²) in [6.07, 6.45) is 2.48. The molecule has 0 saturated carbocycles. The third-order valence-electron chi connectivity index (χ3n) is 4.25. The van der Waals surface area contributed by atoms with Gasteiger partial charge in [0.1, 0.15) is 11.8 Å². The standard InChI is InChI=1S/C18H23N3O5/c1-21(13-7-8-15(23)20-17(13)24)18(25)16-12(11-22)5-4-6-14(16)26-10-3-2-9-19/h4-6,11,13H,2-3,7-10,19H2,1H3,(H,20,23,24). The summed E-state index contributed by atoms with van der Waals surface area (Å²) >= 11 is 0. The fraction of sp³-hybridized carbons (Fsp3) is 0.444. The highest BCUT2D eigenvalue weighted by Crippen LogP contribution is 2.25. The molecule has 3 N–H and O–H groups in total. The number of rotatable bonds is 8. The quantitative estimate of drug-likeness (QED) is 0.395. The fourth-order valence-corrected chi connectivity index (χ4v) is 2.79. The van der Waals surface area contributed by atoms with E-state index in [1.54, 1.807) is 12.1 Å². The molecule has 1 saturated heterocycles. The number of carbonyl (C=O) groups excluding carboxylic acids is 4. The highest BCUT2D eigenvalue weighted by molar-refractivity contribution is 6.07. The van der Waals surface area contributed by atoms with Crippen LogP contribution in [0.15, 0.2) is 18.2 Å². The summed E-state index contributed by atoms with van der Waals surface area (Å²) in [5.41, 5.74) is 5.75. The van der Waals surface area contributed by atoms with Crippen LogP contribution in [0.4, 0.5) is 0 Å². The van der Waals surface area contributed by atoms with E-state index in [-0.39, 0.29) is 35.6 Å². The molecule has 3 amide bonds. The summed E-state index contributed by atoms with van der Waals surface area (Å²) in [6.45, 7) is 0.906. The Balaban J connectivity index is 2.24. The number of aldehydes is 1. The molecule has 0 spiro atoms. The number of nitrogens with one attached hydrogen (secondary N) is 1. The summed E-state index contributed by atoms with van der Waals surface area (Å²) in [7, 11) is 1.47. The molecule has 26 heavy (non-hydrogen) atoms. The molecule has 8 heteroatoms. The third-order valence-corrected chi connectivity index (χ3v) is 4.25. The minimum atomic E-state index is -0.773. The summed E-state index contributed by atoms with van der Waals surface area (Å²) < 4.78 is 5.67. The summed E-state index contributed by atoms with van der Waals surface area (Å²) in [4.78, 5) is 48.9. The van der Waals surface area contributed by atoms with Crippen LogP contribution in [-0.2, 0) is 9.59 Å². The number of piperidine rings is 1. The molecule has 0 aromatic heterocycles. The predicted octanol–water partition coefficient (Wildman–Crippen LogP) is 0.494. The van der Waals surface area contributed by atoms with E-state index in [2.05, 4.69) is 5.32 Å². The number of nitrogens with two attached hydrogens (primary N) is 1. The van der Waals surface area contributed by atoms with Gasteiger partial charge in [0, 0.05) is 19.0 Å². The molecule has 1 aromatic carbocycles. The maximum Gasteiger partial charge on any atom is 0.258 e. The van der Waals surface area contributed by atoms with Crippen molar-refractivity contribution in [1.29, 1.82) is 0 Å². The van der Waals surface area contributed by atoms with Gasteiger partial charge in [-0.2, -0.15) is 0 Å². The highest BCUT2D eigenvalue weighted by atomic mass is 16.5. The van der Waals surface area contributed by atoms with E-state index in [0.29, 0.717) is 19.4 Å². The van der Waals surface area contributed by atoms with Crippen molar-refractivity contribution in [3.8, 4) is 5.75 Å². The first-order chi connectivity index (χ1) is 12.5. The molecule has 1 fully saturated rings. The van der Waals surface area contributed by atoms with E-state index in [0.717, 1.165) is 12.8 Å². The molecule has 0 bridgehead atoms. The number of benzene rings is 1. The molecule has 2 rings (SSSR count). The maximum atomic E-state index is 13.0. The van der Waals surface area contributed by atoms with E-state index >= 15 is 0 Å². The number of nitrogens with zero attached hydrogens (tertiary/aromatic N) is 1. The van der Waals surface area contributed by atoms with E-state index < -0.39 is 17.9 Å². The molecule has 1 aliphatic heterocycles. The Morgan fingerprint density at radius 1 is 1.38 bits per heavy atom. The number of unbranched alkanes of at least 4 members (excludes halogenated alkanes) is 1. The lowest BCUT2D eigenvalue weighted by Gasteiger charge is -2.30. The van der Waals surface area contributed by atoms with Crippen LogP contribution in [-0.4, -0.2) is 55.1 Å². The van der Waals surface area contributed by atoms with Crippen molar-refractivity contribution in [2.24, 2.45) is 5.73 Å². The van der Waals surface area contributed by atoms with Crippen LogP contribution >= 0.6 is 0 Å². The van der Waals surface area contributed by atoms with Crippen LogP contribution in [0.3, 0.4) is 0 Å². The first-order valence-electron chi connectivity index (χ1n) is 8.51. The lowest BCUT2D eigenvalue weighted by atomic mass is 10.0. The SMILES string of the molecule is CN(C(=O)c1c(C=O)cccc1OCCCCN)C1CCC(=O)NC1=O. The maximum absolute atomic E-state index is 13.0. The van der Waals surface area contributed by atoms with Gasteiger partial charge in [-0.3, -0.25) is 24.5 Å². The van der Waals surface area contributed by atoms with E-state index in [4.69, 9.17) is 10.5 Å². The minimum Gasteiger partial charge on any atom is -0.493 e. The number of ether oxygens (including phenoxy) is 1. The average molecular weight is 361 g/mol. The fourth-order valence-electron chi connectivity index (χ4n) is 2.79. The highest BCUT2D eigenvalue weighted by Gasteiger charge is 2.34. The van der Waals surface area contributed by atoms with Crippen molar-refractivity contribution in [2.75, 3.05) is 20.2 Å². The van der Waals surface area contributed by atoms with Gasteiger partial charge in [0.2, 0.25) is 11.8 Å². The van der Waals surface area contributed by atoms with E-state index in [9.17, 15) is 19.2 Å². The summed E-state index contributed by atoms with van der Waals surface area (Å²) in [5.74, 6) is -1.10. The molecule has 1 unspecified atom stereocenters. The van der Waals surface area contributed by atoms with Crippen molar-refractivity contribution >= 4 is 24.0 Å². The van der Waals surface area contributed by atoms with E-state index in [1.807, 2.05) is 0 Å². The van der Waals surface area contributed by atoms with Crippen LogP contribution in [0.1, 0.15) is 46.4 Å². The van der Waals surface area contributed by atoms with Gasteiger partial charge in [0.25, 0.3) is 5.91 Å². The molecular weight excluding hydrogens is 338 g/mol. The molecule has 1 aliphatic rings. The van der Waals surface area contributed by atoms with Gasteiger partial charge in [-0.1, -0.05) is 12.1 Å². The van der Waals surface area contributed by atoms with Gasteiger partial charge >= 0.3 is 0 Å². The zero-order valence-corrected chi connectivity index (χ0v) is 14.7. The molecule has 0 aliphatic carbocycles. The van der Waals surface area contributed by atoms with Gasteiger partial charge < -0.3 is 15.4 Å². The minimum absolute atomic E-state index is 0.113. The van der Waals surface area contributed by atoms with Crippen molar-refractivity contribution in [3.05, 3.63) is 29.3 Å². The van der Waals surface area contributed by atoms with Crippen molar-refractivity contribution in [3.63, 3.8) is 0 Å². The average Bonchev–Trinajstić information content (AvgIpc) is 2.64. The topological polar surface area (TPSA) is 119 Å². The number of likely N-dealkylation sites (N-methyl/N-ethyl adjacent to an activating group) is 1. The van der Waals surface area contributed by atoms with Gasteiger partial charge in [-0.15, -0.1) is 0 Å². The number of imide groups is 1. The van der Waals surface area contributed by atoms with Crippen molar-refractivity contribution < 1.29 is 23.9 Å². The first-order valence-corrected chi connectivity index (χ1v) is 8.51. The molecule has 8 nitrogen and oxygen atoms in total. The van der Waals surface area contributed by atoms with Crippen LogP contribution in [0, 0.1) is 0 Å². The monoisotopic (exact) mass is 361 g/mol. The second-order valence-electron chi connectivity index (χ2n) is 6.07. The molecule has 0 radical (unpaired) electrons. The Morgan fingerprint density at radius 2 is 2.15 bits per heavy atom. The largest absolute Gasteiger partial charge is 0.493 e. The van der Waals surface area contributed by atoms with Crippen molar-refractivity contribution in [1.82, 2.24) is 10.2 Å². The smallest absolute Gasteiger partial charge is 0.258 e. The number of hydrogen-bond donors (Lipinski definition) is 2. The molecule has 1 aromatic rings. The van der Waals surface area contributed by atoms with Crippen LogP contribution in [0.25, 0.3) is 0 Å². The van der Waals surface area contributed by atoms with Crippen molar-refractivity contribution in [2.45, 2.75) is 31.7 Å².